The lowest BCUT2D eigenvalue weighted by Gasteiger charge is -2.27. The number of carbonyl (C=O) groups excluding carboxylic acids is 1. The van der Waals surface area contributed by atoms with Gasteiger partial charge in [-0.2, -0.15) is 0 Å². The molecule has 0 aliphatic heterocycles. The molecule has 17 heavy (non-hydrogen) atoms. The molecule has 0 unspecified atom stereocenters. The van der Waals surface area contributed by atoms with Crippen molar-refractivity contribution in [1.82, 2.24) is 10.2 Å². The maximum absolute atomic E-state index is 12.0. The number of carbonyl (C=O) groups is 1. The molecule has 0 saturated heterocycles. The van der Waals surface area contributed by atoms with E-state index in [-0.39, 0.29) is 11.9 Å². The van der Waals surface area contributed by atoms with Gasteiger partial charge in [-0.1, -0.05) is 37.3 Å². The Bertz CT molecular complexity index is 335. The molecule has 0 atom stereocenters. The van der Waals surface area contributed by atoms with Gasteiger partial charge in [-0.05, 0) is 26.0 Å². The Morgan fingerprint density at radius 3 is 2.47 bits per heavy atom. The second-order valence-electron chi connectivity index (χ2n) is 4.38. The van der Waals surface area contributed by atoms with Crippen molar-refractivity contribution >= 4 is 5.91 Å². The minimum atomic E-state index is 0.158. The molecule has 1 aromatic rings. The Labute approximate surface area is 104 Å². The van der Waals surface area contributed by atoms with E-state index in [1.54, 1.807) is 0 Å². The summed E-state index contributed by atoms with van der Waals surface area (Å²) in [6.07, 6.45) is 0. The molecule has 0 bridgehead atoms. The average molecular weight is 234 g/mol. The zero-order valence-electron chi connectivity index (χ0n) is 10.9. The Kier molecular flexibility index (Phi) is 5.70. The molecule has 0 aromatic heterocycles. The van der Waals surface area contributed by atoms with E-state index >= 15 is 0 Å². The molecular formula is C14H22N2O. The number of rotatable bonds is 6. The molecule has 3 heteroatoms. The van der Waals surface area contributed by atoms with Crippen LogP contribution in [0.15, 0.2) is 30.3 Å². The SMILES string of the molecule is CCNCC(=O)N(Cc1ccccc1)C(C)C. The maximum atomic E-state index is 12.0. The number of hydrogen-bond acceptors (Lipinski definition) is 2. The highest BCUT2D eigenvalue weighted by atomic mass is 16.2. The minimum Gasteiger partial charge on any atom is -0.335 e. The van der Waals surface area contributed by atoms with Crippen LogP contribution in [0.3, 0.4) is 0 Å². The monoisotopic (exact) mass is 234 g/mol. The first-order chi connectivity index (χ1) is 8.15. The van der Waals surface area contributed by atoms with E-state index in [0.29, 0.717) is 13.1 Å². The van der Waals surface area contributed by atoms with E-state index in [4.69, 9.17) is 0 Å². The Hall–Kier alpha value is -1.35. The first kappa shape index (κ1) is 13.7. The summed E-state index contributed by atoms with van der Waals surface area (Å²) in [5.74, 6) is 0.158. The van der Waals surface area contributed by atoms with Crippen molar-refractivity contribution in [2.24, 2.45) is 0 Å². The van der Waals surface area contributed by atoms with Crippen LogP contribution in [0.25, 0.3) is 0 Å². The standard InChI is InChI=1S/C14H22N2O/c1-4-15-10-14(17)16(12(2)3)11-13-8-6-5-7-9-13/h5-9,12,15H,4,10-11H2,1-3H3. The second-order valence-corrected chi connectivity index (χ2v) is 4.38. The Morgan fingerprint density at radius 1 is 1.29 bits per heavy atom. The van der Waals surface area contributed by atoms with Crippen LogP contribution >= 0.6 is 0 Å². The lowest BCUT2D eigenvalue weighted by molar-refractivity contribution is -0.132. The van der Waals surface area contributed by atoms with E-state index in [9.17, 15) is 4.79 Å². The van der Waals surface area contributed by atoms with Crippen molar-refractivity contribution in [3.63, 3.8) is 0 Å². The first-order valence-corrected chi connectivity index (χ1v) is 6.19. The lowest BCUT2D eigenvalue weighted by atomic mass is 10.2. The van der Waals surface area contributed by atoms with Gasteiger partial charge in [-0.15, -0.1) is 0 Å². The normalized spacial score (nSPS) is 10.6. The predicted molar refractivity (Wildman–Crippen MR) is 70.7 cm³/mol. The van der Waals surface area contributed by atoms with Gasteiger partial charge in [0, 0.05) is 12.6 Å². The number of nitrogens with one attached hydrogen (secondary N) is 1. The van der Waals surface area contributed by atoms with Gasteiger partial charge in [0.25, 0.3) is 0 Å². The summed E-state index contributed by atoms with van der Waals surface area (Å²) in [7, 11) is 0. The molecule has 0 aliphatic carbocycles. The van der Waals surface area contributed by atoms with Crippen LogP contribution in [0.2, 0.25) is 0 Å². The van der Waals surface area contributed by atoms with Crippen molar-refractivity contribution in [1.29, 1.82) is 0 Å². The van der Waals surface area contributed by atoms with E-state index in [1.165, 1.54) is 5.56 Å². The van der Waals surface area contributed by atoms with Crippen LogP contribution in [0, 0.1) is 0 Å². The number of likely N-dealkylation sites (N-methyl/N-ethyl adjacent to an activating group) is 1. The third kappa shape index (κ3) is 4.57. The predicted octanol–water partition coefficient (Wildman–Crippen LogP) is 2.03. The summed E-state index contributed by atoms with van der Waals surface area (Å²) in [5, 5.41) is 3.08. The van der Waals surface area contributed by atoms with Crippen molar-refractivity contribution < 1.29 is 4.79 Å². The fourth-order valence-electron chi connectivity index (χ4n) is 1.67. The highest BCUT2D eigenvalue weighted by Gasteiger charge is 2.16. The molecule has 3 nitrogen and oxygen atoms in total. The van der Waals surface area contributed by atoms with Gasteiger partial charge in [0.2, 0.25) is 5.91 Å². The van der Waals surface area contributed by atoms with E-state index in [1.807, 2.05) is 43.9 Å². The van der Waals surface area contributed by atoms with Gasteiger partial charge >= 0.3 is 0 Å². The molecular weight excluding hydrogens is 212 g/mol. The smallest absolute Gasteiger partial charge is 0.237 e. The van der Waals surface area contributed by atoms with E-state index in [0.717, 1.165) is 6.54 Å². The van der Waals surface area contributed by atoms with Crippen LogP contribution in [-0.2, 0) is 11.3 Å². The molecule has 1 N–H and O–H groups in total. The molecule has 0 spiro atoms. The van der Waals surface area contributed by atoms with Crippen molar-refractivity contribution in [3.8, 4) is 0 Å². The average Bonchev–Trinajstić information content (AvgIpc) is 2.34. The van der Waals surface area contributed by atoms with Gasteiger partial charge in [0.1, 0.15) is 0 Å². The molecule has 0 heterocycles. The fraction of sp³-hybridized carbons (Fsp3) is 0.500. The minimum absolute atomic E-state index is 0.158. The van der Waals surface area contributed by atoms with Gasteiger partial charge in [0.05, 0.1) is 6.54 Å². The van der Waals surface area contributed by atoms with Gasteiger partial charge in [-0.25, -0.2) is 0 Å². The third-order valence-corrected chi connectivity index (χ3v) is 2.67. The topological polar surface area (TPSA) is 32.3 Å². The summed E-state index contributed by atoms with van der Waals surface area (Å²) >= 11 is 0. The maximum Gasteiger partial charge on any atom is 0.237 e. The quantitative estimate of drug-likeness (QED) is 0.817. The molecule has 1 aromatic carbocycles. The number of nitrogens with zero attached hydrogens (tertiary/aromatic N) is 1. The zero-order chi connectivity index (χ0) is 12.7. The summed E-state index contributed by atoms with van der Waals surface area (Å²) in [5.41, 5.74) is 1.17. The van der Waals surface area contributed by atoms with Crippen molar-refractivity contribution in [2.75, 3.05) is 13.1 Å². The van der Waals surface area contributed by atoms with Gasteiger partial charge < -0.3 is 10.2 Å². The number of hydrogen-bond donors (Lipinski definition) is 1. The molecule has 0 fully saturated rings. The van der Waals surface area contributed by atoms with Crippen LogP contribution in [-0.4, -0.2) is 29.9 Å². The summed E-state index contributed by atoms with van der Waals surface area (Å²) < 4.78 is 0. The molecule has 94 valence electrons. The molecule has 1 amide bonds. The first-order valence-electron chi connectivity index (χ1n) is 6.19. The summed E-state index contributed by atoms with van der Waals surface area (Å²) in [6.45, 7) is 8.02. The summed E-state index contributed by atoms with van der Waals surface area (Å²) in [6, 6.07) is 10.3. The zero-order valence-corrected chi connectivity index (χ0v) is 10.9. The van der Waals surface area contributed by atoms with E-state index < -0.39 is 0 Å². The largest absolute Gasteiger partial charge is 0.335 e. The highest BCUT2D eigenvalue weighted by molar-refractivity contribution is 5.78. The Balaban J connectivity index is 2.63. The fourth-order valence-corrected chi connectivity index (χ4v) is 1.67. The van der Waals surface area contributed by atoms with Crippen LogP contribution < -0.4 is 5.32 Å². The van der Waals surface area contributed by atoms with Gasteiger partial charge in [-0.3, -0.25) is 4.79 Å². The highest BCUT2D eigenvalue weighted by Crippen LogP contribution is 2.08. The molecule has 1 rings (SSSR count). The number of benzene rings is 1. The summed E-state index contributed by atoms with van der Waals surface area (Å²) in [4.78, 5) is 13.9. The van der Waals surface area contributed by atoms with Crippen LogP contribution in [0.5, 0.6) is 0 Å². The number of amides is 1. The van der Waals surface area contributed by atoms with Gasteiger partial charge in [0.15, 0.2) is 0 Å². The molecule has 0 radical (unpaired) electrons. The van der Waals surface area contributed by atoms with Crippen molar-refractivity contribution in [2.45, 2.75) is 33.4 Å². The molecule has 0 saturated carbocycles. The van der Waals surface area contributed by atoms with E-state index in [2.05, 4.69) is 17.4 Å². The van der Waals surface area contributed by atoms with Crippen molar-refractivity contribution in [3.05, 3.63) is 35.9 Å². The lowest BCUT2D eigenvalue weighted by Crippen LogP contribution is -2.41. The van der Waals surface area contributed by atoms with Crippen LogP contribution in [0.1, 0.15) is 26.3 Å². The second kappa shape index (κ2) is 7.07. The molecule has 0 aliphatic rings. The third-order valence-electron chi connectivity index (χ3n) is 2.67. The van der Waals surface area contributed by atoms with Crippen LogP contribution in [0.4, 0.5) is 0 Å². The Morgan fingerprint density at radius 2 is 1.94 bits per heavy atom.